The van der Waals surface area contributed by atoms with E-state index in [-0.39, 0.29) is 11.1 Å². The fourth-order valence-corrected chi connectivity index (χ4v) is 4.76. The smallest absolute Gasteiger partial charge is 0.262 e. The van der Waals surface area contributed by atoms with E-state index in [0.717, 1.165) is 16.0 Å². The lowest BCUT2D eigenvalue weighted by atomic mass is 9.97. The minimum atomic E-state index is -1.13. The Bertz CT molecular complexity index is 1430. The monoisotopic (exact) mass is 517 g/mol. The standard InChI is InChI=1S/C32H27N3O4/c1-21(35-31(38)25-19-11-12-20-26(25)32(35)39)29(36)34-28(24-17-9-4-10-18-24)30(37)33-27(22-13-5-2-6-14-22)23-15-7-3-8-16-23/h2-21,27-28H,1H3,(H,33,37)(H,34,36)/t21-,28+/m0/s1. The van der Waals surface area contributed by atoms with Crippen LogP contribution in [0.1, 0.15) is 56.4 Å². The molecule has 0 bridgehead atoms. The molecule has 4 aromatic rings. The van der Waals surface area contributed by atoms with Crippen molar-refractivity contribution in [3.63, 3.8) is 0 Å². The SMILES string of the molecule is C[C@@H](C(=O)N[C@@H](C(=O)NC(c1ccccc1)c1ccccc1)c1ccccc1)N1C(=O)c2ccccc2C1=O. The molecular formula is C32H27N3O4. The van der Waals surface area contributed by atoms with Crippen LogP contribution in [-0.4, -0.2) is 34.6 Å². The van der Waals surface area contributed by atoms with Crippen LogP contribution in [0.2, 0.25) is 0 Å². The van der Waals surface area contributed by atoms with E-state index >= 15 is 0 Å². The number of rotatable bonds is 8. The van der Waals surface area contributed by atoms with Gasteiger partial charge >= 0.3 is 0 Å². The van der Waals surface area contributed by atoms with Gasteiger partial charge in [-0.15, -0.1) is 0 Å². The topological polar surface area (TPSA) is 95.6 Å². The molecule has 4 amide bonds. The summed E-state index contributed by atoms with van der Waals surface area (Å²) in [6.07, 6.45) is 0. The lowest BCUT2D eigenvalue weighted by molar-refractivity contribution is -0.131. The summed E-state index contributed by atoms with van der Waals surface area (Å²) >= 11 is 0. The van der Waals surface area contributed by atoms with Gasteiger partial charge < -0.3 is 10.6 Å². The normalized spacial score (nSPS) is 14.1. The highest BCUT2D eigenvalue weighted by molar-refractivity contribution is 6.22. The van der Waals surface area contributed by atoms with Crippen molar-refractivity contribution in [3.05, 3.63) is 143 Å². The molecular weight excluding hydrogens is 490 g/mol. The average Bonchev–Trinajstić information content (AvgIpc) is 3.24. The van der Waals surface area contributed by atoms with E-state index in [1.54, 1.807) is 48.5 Å². The first kappa shape index (κ1) is 25.6. The molecule has 0 radical (unpaired) electrons. The summed E-state index contributed by atoms with van der Waals surface area (Å²) < 4.78 is 0. The third kappa shape index (κ3) is 5.20. The Labute approximate surface area is 226 Å². The molecule has 4 aromatic carbocycles. The van der Waals surface area contributed by atoms with Crippen LogP contribution in [0.5, 0.6) is 0 Å². The summed E-state index contributed by atoms with van der Waals surface area (Å²) in [7, 11) is 0. The Balaban J connectivity index is 1.41. The minimum Gasteiger partial charge on any atom is -0.343 e. The molecule has 1 heterocycles. The Morgan fingerprint density at radius 2 is 0.974 bits per heavy atom. The van der Waals surface area contributed by atoms with Gasteiger partial charge in [0, 0.05) is 0 Å². The Morgan fingerprint density at radius 3 is 1.44 bits per heavy atom. The second-order valence-corrected chi connectivity index (χ2v) is 9.32. The summed E-state index contributed by atoms with van der Waals surface area (Å²) in [4.78, 5) is 54.1. The Morgan fingerprint density at radius 1 is 0.564 bits per heavy atom. The molecule has 39 heavy (non-hydrogen) atoms. The number of nitrogens with zero attached hydrogens (tertiary/aromatic N) is 1. The third-order valence-corrected chi connectivity index (χ3v) is 6.83. The molecule has 2 atom stereocenters. The van der Waals surface area contributed by atoms with Crippen LogP contribution >= 0.6 is 0 Å². The second-order valence-electron chi connectivity index (χ2n) is 9.32. The van der Waals surface area contributed by atoms with Crippen molar-refractivity contribution in [2.45, 2.75) is 25.0 Å². The van der Waals surface area contributed by atoms with E-state index in [4.69, 9.17) is 0 Å². The minimum absolute atomic E-state index is 0.257. The number of benzene rings is 4. The van der Waals surface area contributed by atoms with E-state index < -0.39 is 41.8 Å². The van der Waals surface area contributed by atoms with E-state index in [2.05, 4.69) is 10.6 Å². The van der Waals surface area contributed by atoms with Gasteiger partial charge in [-0.05, 0) is 35.7 Å². The molecule has 0 spiro atoms. The number of fused-ring (bicyclic) bond motifs is 1. The van der Waals surface area contributed by atoms with Crippen molar-refractivity contribution < 1.29 is 19.2 Å². The molecule has 1 aliphatic heterocycles. The number of carbonyl (C=O) groups is 4. The van der Waals surface area contributed by atoms with Gasteiger partial charge in [-0.2, -0.15) is 0 Å². The molecule has 0 aromatic heterocycles. The lowest BCUT2D eigenvalue weighted by Crippen LogP contribution is -2.51. The molecule has 0 aliphatic carbocycles. The van der Waals surface area contributed by atoms with Crippen LogP contribution in [0.25, 0.3) is 0 Å². The summed E-state index contributed by atoms with van der Waals surface area (Å²) in [5.74, 6) is -2.12. The van der Waals surface area contributed by atoms with Gasteiger partial charge in [0.25, 0.3) is 11.8 Å². The van der Waals surface area contributed by atoms with Crippen LogP contribution in [0.4, 0.5) is 0 Å². The number of hydrogen-bond donors (Lipinski definition) is 2. The quantitative estimate of drug-likeness (QED) is 0.338. The molecule has 0 saturated heterocycles. The highest BCUT2D eigenvalue weighted by atomic mass is 16.2. The van der Waals surface area contributed by atoms with E-state index in [9.17, 15) is 19.2 Å². The summed E-state index contributed by atoms with van der Waals surface area (Å²) in [6.45, 7) is 1.48. The summed E-state index contributed by atoms with van der Waals surface area (Å²) in [6, 6.07) is 31.8. The van der Waals surface area contributed by atoms with Gasteiger partial charge in [-0.1, -0.05) is 103 Å². The van der Waals surface area contributed by atoms with Gasteiger partial charge in [0.15, 0.2) is 0 Å². The average molecular weight is 518 g/mol. The lowest BCUT2D eigenvalue weighted by Gasteiger charge is -2.27. The molecule has 0 unspecified atom stereocenters. The van der Waals surface area contributed by atoms with Crippen molar-refractivity contribution in [1.82, 2.24) is 15.5 Å². The zero-order valence-corrected chi connectivity index (χ0v) is 21.3. The summed E-state index contributed by atoms with van der Waals surface area (Å²) in [5.41, 5.74) is 2.85. The Kier molecular flexibility index (Phi) is 7.32. The molecule has 1 aliphatic rings. The van der Waals surface area contributed by atoms with Crippen molar-refractivity contribution in [2.24, 2.45) is 0 Å². The molecule has 0 fully saturated rings. The van der Waals surface area contributed by atoms with Gasteiger partial charge in [-0.3, -0.25) is 24.1 Å². The van der Waals surface area contributed by atoms with Gasteiger partial charge in [0.05, 0.1) is 17.2 Å². The molecule has 194 valence electrons. The fraction of sp³-hybridized carbons (Fsp3) is 0.125. The van der Waals surface area contributed by atoms with Crippen LogP contribution in [0.15, 0.2) is 115 Å². The molecule has 2 N–H and O–H groups in total. The maximum atomic E-state index is 13.8. The fourth-order valence-electron chi connectivity index (χ4n) is 4.76. The van der Waals surface area contributed by atoms with Crippen LogP contribution in [0, 0.1) is 0 Å². The van der Waals surface area contributed by atoms with Crippen molar-refractivity contribution >= 4 is 23.6 Å². The highest BCUT2D eigenvalue weighted by Crippen LogP contribution is 2.26. The molecule has 7 nitrogen and oxygen atoms in total. The second kappa shape index (κ2) is 11.1. The van der Waals surface area contributed by atoms with Crippen LogP contribution in [-0.2, 0) is 9.59 Å². The molecule has 5 rings (SSSR count). The number of carbonyl (C=O) groups excluding carboxylic acids is 4. The Hall–Kier alpha value is -5.04. The van der Waals surface area contributed by atoms with Crippen LogP contribution < -0.4 is 10.6 Å². The zero-order valence-electron chi connectivity index (χ0n) is 21.3. The van der Waals surface area contributed by atoms with E-state index in [0.29, 0.717) is 5.56 Å². The highest BCUT2D eigenvalue weighted by Gasteiger charge is 2.41. The number of imide groups is 1. The first-order chi connectivity index (χ1) is 19.0. The van der Waals surface area contributed by atoms with E-state index in [1.165, 1.54) is 6.92 Å². The van der Waals surface area contributed by atoms with Crippen molar-refractivity contribution in [3.8, 4) is 0 Å². The van der Waals surface area contributed by atoms with Crippen LogP contribution in [0.3, 0.4) is 0 Å². The number of nitrogens with one attached hydrogen (secondary N) is 2. The molecule has 0 saturated carbocycles. The van der Waals surface area contributed by atoms with E-state index in [1.807, 2.05) is 66.7 Å². The first-order valence-corrected chi connectivity index (χ1v) is 12.7. The maximum absolute atomic E-state index is 13.8. The van der Waals surface area contributed by atoms with Crippen molar-refractivity contribution in [1.29, 1.82) is 0 Å². The van der Waals surface area contributed by atoms with Gasteiger partial charge in [0.1, 0.15) is 12.1 Å². The molecule has 7 heteroatoms. The first-order valence-electron chi connectivity index (χ1n) is 12.7. The predicted octanol–water partition coefficient (Wildman–Crippen LogP) is 4.43. The predicted molar refractivity (Wildman–Crippen MR) is 147 cm³/mol. The third-order valence-electron chi connectivity index (χ3n) is 6.83. The van der Waals surface area contributed by atoms with Gasteiger partial charge in [-0.25, -0.2) is 0 Å². The van der Waals surface area contributed by atoms with Crippen molar-refractivity contribution in [2.75, 3.05) is 0 Å². The largest absolute Gasteiger partial charge is 0.343 e. The zero-order chi connectivity index (χ0) is 27.4. The number of amides is 4. The maximum Gasteiger partial charge on any atom is 0.262 e. The summed E-state index contributed by atoms with van der Waals surface area (Å²) in [5, 5.41) is 5.88. The van der Waals surface area contributed by atoms with Gasteiger partial charge in [0.2, 0.25) is 11.8 Å². The number of hydrogen-bond acceptors (Lipinski definition) is 4.